The summed E-state index contributed by atoms with van der Waals surface area (Å²) in [5.41, 5.74) is 0. The van der Waals surface area contributed by atoms with Gasteiger partial charge in [-0.05, 0) is 0 Å². The molecule has 7 heteroatoms. The van der Waals surface area contributed by atoms with Crippen LogP contribution in [-0.4, -0.2) is 30.6 Å². The van der Waals surface area contributed by atoms with Crippen molar-refractivity contribution in [3.05, 3.63) is 11.7 Å². The molecule has 84 valence electrons. The van der Waals surface area contributed by atoms with Crippen molar-refractivity contribution in [2.75, 3.05) is 6.26 Å². The highest BCUT2D eigenvalue weighted by Crippen LogP contribution is 2.03. The monoisotopic (exact) mass is 232 g/mol. The van der Waals surface area contributed by atoms with Crippen molar-refractivity contribution in [1.29, 1.82) is 0 Å². The molecular weight excluding hydrogens is 220 g/mol. The van der Waals surface area contributed by atoms with E-state index in [-0.39, 0.29) is 29.7 Å². The Bertz CT molecular complexity index is 449. The highest BCUT2D eigenvalue weighted by molar-refractivity contribution is 7.89. The van der Waals surface area contributed by atoms with Crippen LogP contribution in [0.5, 0.6) is 0 Å². The van der Waals surface area contributed by atoms with E-state index < -0.39 is 9.84 Å². The van der Waals surface area contributed by atoms with E-state index in [1.54, 1.807) is 6.92 Å². The Hall–Kier alpha value is -1.24. The van der Waals surface area contributed by atoms with Crippen molar-refractivity contribution in [2.45, 2.75) is 25.5 Å². The largest absolute Gasteiger partial charge is 0.339 e. The predicted octanol–water partition coefficient (Wildman–Crippen LogP) is 0.136. The van der Waals surface area contributed by atoms with Gasteiger partial charge in [0.2, 0.25) is 5.89 Å². The summed E-state index contributed by atoms with van der Waals surface area (Å²) in [6.07, 6.45) is 1.54. The van der Waals surface area contributed by atoms with Gasteiger partial charge in [-0.25, -0.2) is 8.42 Å². The van der Waals surface area contributed by atoms with E-state index >= 15 is 0 Å². The van der Waals surface area contributed by atoms with Gasteiger partial charge in [-0.3, -0.25) is 4.79 Å². The number of hydrogen-bond donors (Lipinski definition) is 0. The summed E-state index contributed by atoms with van der Waals surface area (Å²) in [6, 6.07) is 0. The molecule has 0 amide bonds. The van der Waals surface area contributed by atoms with Crippen LogP contribution in [0.15, 0.2) is 4.52 Å². The average Bonchev–Trinajstić information content (AvgIpc) is 2.49. The second-order valence-corrected chi connectivity index (χ2v) is 5.38. The number of aromatic nitrogens is 2. The smallest absolute Gasteiger partial charge is 0.234 e. The zero-order chi connectivity index (χ0) is 11.5. The lowest BCUT2D eigenvalue weighted by Crippen LogP contribution is -2.03. The third kappa shape index (κ3) is 4.20. The number of hydrogen-bond acceptors (Lipinski definition) is 6. The van der Waals surface area contributed by atoms with Crippen molar-refractivity contribution >= 4 is 15.6 Å². The lowest BCUT2D eigenvalue weighted by atomic mass is 10.2. The van der Waals surface area contributed by atoms with Crippen LogP contribution in [0.25, 0.3) is 0 Å². The molecule has 0 saturated carbocycles. The molecule has 0 aliphatic heterocycles. The SMILES string of the molecule is CCC(=O)Cc1nc(CS(C)(=O)=O)no1. The number of sulfone groups is 1. The molecule has 0 spiro atoms. The van der Waals surface area contributed by atoms with Gasteiger partial charge in [0, 0.05) is 12.7 Å². The molecule has 1 aromatic heterocycles. The number of carbonyl (C=O) groups excluding carboxylic acids is 1. The van der Waals surface area contributed by atoms with E-state index in [1.165, 1.54) is 0 Å². The molecule has 0 N–H and O–H groups in total. The second kappa shape index (κ2) is 4.52. The first-order valence-electron chi connectivity index (χ1n) is 4.41. The molecule has 1 aromatic rings. The summed E-state index contributed by atoms with van der Waals surface area (Å²) in [6.45, 7) is 1.73. The van der Waals surface area contributed by atoms with Gasteiger partial charge in [0.15, 0.2) is 15.7 Å². The number of nitrogens with zero attached hydrogens (tertiary/aromatic N) is 2. The van der Waals surface area contributed by atoms with Crippen LogP contribution in [0.4, 0.5) is 0 Å². The molecule has 1 heterocycles. The molecule has 15 heavy (non-hydrogen) atoms. The Kier molecular flexibility index (Phi) is 3.57. The average molecular weight is 232 g/mol. The highest BCUT2D eigenvalue weighted by Gasteiger charge is 2.13. The molecule has 0 unspecified atom stereocenters. The van der Waals surface area contributed by atoms with Crippen LogP contribution in [0.3, 0.4) is 0 Å². The maximum atomic E-state index is 11.0. The minimum Gasteiger partial charge on any atom is -0.339 e. The van der Waals surface area contributed by atoms with Gasteiger partial charge in [0.25, 0.3) is 0 Å². The van der Waals surface area contributed by atoms with E-state index in [0.29, 0.717) is 6.42 Å². The second-order valence-electron chi connectivity index (χ2n) is 3.24. The molecule has 0 bridgehead atoms. The topological polar surface area (TPSA) is 90.1 Å². The maximum absolute atomic E-state index is 11.0. The first-order valence-corrected chi connectivity index (χ1v) is 6.47. The Morgan fingerprint density at radius 3 is 2.67 bits per heavy atom. The zero-order valence-electron chi connectivity index (χ0n) is 8.56. The lowest BCUT2D eigenvalue weighted by Gasteiger charge is -1.89. The minimum absolute atomic E-state index is 0.0236. The van der Waals surface area contributed by atoms with Crippen molar-refractivity contribution in [3.63, 3.8) is 0 Å². The molecule has 0 saturated heterocycles. The summed E-state index contributed by atoms with van der Waals surface area (Å²) in [7, 11) is -3.17. The van der Waals surface area contributed by atoms with Gasteiger partial charge in [-0.1, -0.05) is 12.1 Å². The van der Waals surface area contributed by atoms with Gasteiger partial charge in [0.1, 0.15) is 11.5 Å². The van der Waals surface area contributed by atoms with Gasteiger partial charge in [0.05, 0.1) is 6.42 Å². The molecule has 0 fully saturated rings. The van der Waals surface area contributed by atoms with E-state index in [1.807, 2.05) is 0 Å². The minimum atomic E-state index is -3.17. The predicted molar refractivity (Wildman–Crippen MR) is 51.8 cm³/mol. The molecule has 0 aromatic carbocycles. The van der Waals surface area contributed by atoms with E-state index in [0.717, 1.165) is 6.26 Å². The molecule has 6 nitrogen and oxygen atoms in total. The first-order chi connectivity index (χ1) is 6.90. The van der Waals surface area contributed by atoms with Crippen molar-refractivity contribution < 1.29 is 17.7 Å². The summed E-state index contributed by atoms with van der Waals surface area (Å²) in [5.74, 6) is -0.0296. The van der Waals surface area contributed by atoms with Crippen LogP contribution in [0.2, 0.25) is 0 Å². The van der Waals surface area contributed by atoms with Crippen LogP contribution in [0, 0.1) is 0 Å². The number of rotatable bonds is 5. The summed E-state index contributed by atoms with van der Waals surface area (Å²) < 4.78 is 26.5. The summed E-state index contributed by atoms with van der Waals surface area (Å²) >= 11 is 0. The third-order valence-electron chi connectivity index (χ3n) is 1.64. The summed E-state index contributed by atoms with van der Waals surface area (Å²) in [5, 5.41) is 3.47. The van der Waals surface area contributed by atoms with Gasteiger partial charge in [-0.15, -0.1) is 0 Å². The van der Waals surface area contributed by atoms with E-state index in [2.05, 4.69) is 10.1 Å². The Balaban J connectivity index is 2.69. The van der Waals surface area contributed by atoms with Crippen molar-refractivity contribution in [3.8, 4) is 0 Å². The molecule has 0 aliphatic rings. The van der Waals surface area contributed by atoms with E-state index in [9.17, 15) is 13.2 Å². The molecule has 0 aliphatic carbocycles. The fourth-order valence-electron chi connectivity index (χ4n) is 0.949. The Labute approximate surface area is 87.6 Å². The quantitative estimate of drug-likeness (QED) is 0.717. The Morgan fingerprint density at radius 2 is 2.13 bits per heavy atom. The highest BCUT2D eigenvalue weighted by atomic mass is 32.2. The third-order valence-corrected chi connectivity index (χ3v) is 2.43. The van der Waals surface area contributed by atoms with Crippen LogP contribution in [0.1, 0.15) is 25.1 Å². The van der Waals surface area contributed by atoms with Crippen LogP contribution < -0.4 is 0 Å². The number of carbonyl (C=O) groups is 1. The fraction of sp³-hybridized carbons (Fsp3) is 0.625. The Morgan fingerprint density at radius 1 is 1.47 bits per heavy atom. The molecule has 0 radical (unpaired) electrons. The number of ketones is 1. The maximum Gasteiger partial charge on any atom is 0.234 e. The number of Topliss-reactive ketones (excluding diaryl/α,β-unsaturated/α-hetero) is 1. The van der Waals surface area contributed by atoms with Crippen molar-refractivity contribution in [1.82, 2.24) is 10.1 Å². The molecular formula is C8H12N2O4S. The fourth-order valence-corrected chi connectivity index (χ4v) is 1.54. The van der Waals surface area contributed by atoms with Gasteiger partial charge >= 0.3 is 0 Å². The molecule has 1 rings (SSSR count). The zero-order valence-corrected chi connectivity index (χ0v) is 9.37. The van der Waals surface area contributed by atoms with Crippen LogP contribution in [-0.2, 0) is 26.8 Å². The van der Waals surface area contributed by atoms with Gasteiger partial charge < -0.3 is 4.52 Å². The van der Waals surface area contributed by atoms with E-state index in [4.69, 9.17) is 4.52 Å². The van der Waals surface area contributed by atoms with Crippen molar-refractivity contribution in [2.24, 2.45) is 0 Å². The van der Waals surface area contributed by atoms with Gasteiger partial charge in [-0.2, -0.15) is 4.98 Å². The summed E-state index contributed by atoms with van der Waals surface area (Å²) in [4.78, 5) is 14.8. The standard InChI is InChI=1S/C8H12N2O4S/c1-3-6(11)4-8-9-7(10-14-8)5-15(2,12)13/h3-5H2,1-2H3. The normalized spacial score (nSPS) is 11.6. The molecule has 0 atom stereocenters. The first kappa shape index (κ1) is 11.8. The van der Waals surface area contributed by atoms with Crippen LogP contribution >= 0.6 is 0 Å². The lowest BCUT2D eigenvalue weighted by molar-refractivity contribution is -0.118.